The van der Waals surface area contributed by atoms with E-state index in [2.05, 4.69) is 10.1 Å². The minimum absolute atomic E-state index is 0.173. The van der Waals surface area contributed by atoms with Crippen molar-refractivity contribution in [2.45, 2.75) is 25.1 Å². The molecule has 0 fully saturated rings. The summed E-state index contributed by atoms with van der Waals surface area (Å²) in [7, 11) is 0. The van der Waals surface area contributed by atoms with Gasteiger partial charge >= 0.3 is 18.5 Å². The molecule has 26 heavy (non-hydrogen) atoms. The van der Waals surface area contributed by atoms with E-state index >= 15 is 0 Å². The number of alkyl halides is 9. The van der Waals surface area contributed by atoms with Gasteiger partial charge in [-0.25, -0.2) is 9.67 Å². The highest BCUT2D eigenvalue weighted by Gasteiger charge is 2.38. The zero-order valence-electron chi connectivity index (χ0n) is 12.2. The van der Waals surface area contributed by atoms with Crippen molar-refractivity contribution >= 4 is 5.78 Å². The van der Waals surface area contributed by atoms with Gasteiger partial charge in [0.1, 0.15) is 12.9 Å². The van der Waals surface area contributed by atoms with Crippen LogP contribution in [-0.4, -0.2) is 20.5 Å². The summed E-state index contributed by atoms with van der Waals surface area (Å²) in [6.45, 7) is -1.03. The zero-order valence-corrected chi connectivity index (χ0v) is 12.2. The number of ketones is 1. The first-order valence-corrected chi connectivity index (χ1v) is 6.47. The van der Waals surface area contributed by atoms with E-state index in [1.54, 1.807) is 0 Å². The molecule has 0 unspecified atom stereocenters. The van der Waals surface area contributed by atoms with Crippen molar-refractivity contribution in [1.29, 1.82) is 0 Å². The van der Waals surface area contributed by atoms with Gasteiger partial charge in [-0.15, -0.1) is 5.10 Å². The van der Waals surface area contributed by atoms with Crippen LogP contribution in [0.15, 0.2) is 24.5 Å². The van der Waals surface area contributed by atoms with Gasteiger partial charge in [-0.1, -0.05) is 0 Å². The van der Waals surface area contributed by atoms with E-state index in [4.69, 9.17) is 0 Å². The molecular formula is C13H6F9N3O. The molecule has 13 heteroatoms. The predicted octanol–water partition coefficient (Wildman–Crippen LogP) is 4.22. The Morgan fingerprint density at radius 1 is 0.846 bits per heavy atom. The van der Waals surface area contributed by atoms with E-state index < -0.39 is 53.4 Å². The Hall–Kier alpha value is -2.60. The van der Waals surface area contributed by atoms with Gasteiger partial charge in [-0.2, -0.15) is 39.5 Å². The topological polar surface area (TPSA) is 47.8 Å². The van der Waals surface area contributed by atoms with Crippen molar-refractivity contribution in [3.8, 4) is 0 Å². The quantitative estimate of drug-likeness (QED) is 0.582. The molecular weight excluding hydrogens is 385 g/mol. The van der Waals surface area contributed by atoms with Gasteiger partial charge in [0.15, 0.2) is 5.78 Å². The minimum atomic E-state index is -5.16. The Balaban J connectivity index is 2.37. The van der Waals surface area contributed by atoms with Crippen molar-refractivity contribution < 1.29 is 44.3 Å². The molecule has 2 rings (SSSR count). The first kappa shape index (κ1) is 19.7. The van der Waals surface area contributed by atoms with Crippen LogP contribution in [0.4, 0.5) is 39.5 Å². The summed E-state index contributed by atoms with van der Waals surface area (Å²) >= 11 is 0. The molecule has 0 aliphatic carbocycles. The molecule has 0 spiro atoms. The lowest BCUT2D eigenvalue weighted by Gasteiger charge is -2.13. The van der Waals surface area contributed by atoms with E-state index in [1.807, 2.05) is 0 Å². The summed E-state index contributed by atoms with van der Waals surface area (Å²) in [5, 5.41) is 2.90. The number of hydrogen-bond donors (Lipinski definition) is 0. The second-order valence-electron chi connectivity index (χ2n) is 4.98. The fraction of sp³-hybridized carbons (Fsp3) is 0.308. The highest BCUT2D eigenvalue weighted by molar-refractivity contribution is 5.96. The van der Waals surface area contributed by atoms with Crippen LogP contribution >= 0.6 is 0 Å². The number of aromatic nitrogens is 3. The molecule has 1 aromatic carbocycles. The average molecular weight is 391 g/mol. The van der Waals surface area contributed by atoms with Crippen molar-refractivity contribution in [1.82, 2.24) is 14.8 Å². The Morgan fingerprint density at radius 2 is 1.35 bits per heavy atom. The smallest absolute Gasteiger partial charge is 0.292 e. The molecule has 1 heterocycles. The summed E-state index contributed by atoms with van der Waals surface area (Å²) in [5.74, 6) is -2.91. The highest BCUT2D eigenvalue weighted by atomic mass is 19.4. The lowest BCUT2D eigenvalue weighted by molar-refractivity contribution is -0.145. The number of carbonyl (C=O) groups excluding carboxylic acids is 1. The van der Waals surface area contributed by atoms with E-state index in [1.165, 1.54) is 0 Å². The second-order valence-corrected chi connectivity index (χ2v) is 4.98. The summed E-state index contributed by atoms with van der Waals surface area (Å²) in [6.07, 6.45) is -14.8. The van der Waals surface area contributed by atoms with Crippen molar-refractivity contribution in [2.24, 2.45) is 0 Å². The molecule has 0 radical (unpaired) electrons. The fourth-order valence-electron chi connectivity index (χ4n) is 1.86. The Labute approximate surface area is 138 Å². The molecule has 0 aliphatic heterocycles. The Kier molecular flexibility index (Phi) is 4.77. The van der Waals surface area contributed by atoms with Crippen molar-refractivity contribution in [2.75, 3.05) is 0 Å². The molecule has 4 nitrogen and oxygen atoms in total. The maximum Gasteiger partial charge on any atom is 0.453 e. The van der Waals surface area contributed by atoms with E-state index in [9.17, 15) is 44.3 Å². The van der Waals surface area contributed by atoms with Crippen LogP contribution in [0.1, 0.15) is 27.3 Å². The fourth-order valence-corrected chi connectivity index (χ4v) is 1.86. The molecule has 0 saturated heterocycles. The number of carbonyl (C=O) groups is 1. The Morgan fingerprint density at radius 3 is 1.73 bits per heavy atom. The molecule has 0 bridgehead atoms. The molecule has 142 valence electrons. The van der Waals surface area contributed by atoms with E-state index in [0.717, 1.165) is 0 Å². The summed E-state index contributed by atoms with van der Waals surface area (Å²) in [4.78, 5) is 14.8. The van der Waals surface area contributed by atoms with Crippen LogP contribution in [0.25, 0.3) is 0 Å². The lowest BCUT2D eigenvalue weighted by Crippen LogP contribution is -2.17. The van der Waals surface area contributed by atoms with Gasteiger partial charge in [-0.05, 0) is 18.2 Å². The van der Waals surface area contributed by atoms with Gasteiger partial charge in [0.05, 0.1) is 11.1 Å². The number of nitrogens with zero attached hydrogens (tertiary/aromatic N) is 3. The third-order valence-electron chi connectivity index (χ3n) is 3.01. The van der Waals surface area contributed by atoms with Gasteiger partial charge in [-0.3, -0.25) is 4.79 Å². The summed E-state index contributed by atoms with van der Waals surface area (Å²) in [5.41, 5.74) is -4.41. The normalized spacial score (nSPS) is 13.1. The van der Waals surface area contributed by atoms with Crippen molar-refractivity contribution in [3.63, 3.8) is 0 Å². The monoisotopic (exact) mass is 391 g/mol. The summed E-state index contributed by atoms with van der Waals surface area (Å²) in [6, 6.07) is 0.187. The van der Waals surface area contributed by atoms with Crippen LogP contribution in [0.5, 0.6) is 0 Å². The Bertz CT molecular complexity index is 785. The largest absolute Gasteiger partial charge is 0.453 e. The lowest BCUT2D eigenvalue weighted by atomic mass is 10.0. The molecule has 0 amide bonds. The van der Waals surface area contributed by atoms with Gasteiger partial charge < -0.3 is 0 Å². The zero-order chi connectivity index (χ0) is 19.9. The SMILES string of the molecule is O=C(Cn1cnc(C(F)(F)F)n1)c1cc(C(F)(F)F)cc(C(F)(F)F)c1. The first-order chi connectivity index (χ1) is 11.7. The number of rotatable bonds is 3. The maximum absolute atomic E-state index is 12.7. The molecule has 0 N–H and O–H groups in total. The maximum atomic E-state index is 12.7. The number of Topliss-reactive ketones (excluding diaryl/α,β-unsaturated/α-hetero) is 1. The van der Waals surface area contributed by atoms with Crippen LogP contribution in [0, 0.1) is 0 Å². The average Bonchev–Trinajstić information content (AvgIpc) is 2.93. The molecule has 0 atom stereocenters. The number of halogens is 9. The first-order valence-electron chi connectivity index (χ1n) is 6.47. The van der Waals surface area contributed by atoms with E-state index in [0.29, 0.717) is 11.0 Å². The second kappa shape index (κ2) is 6.29. The third kappa shape index (κ3) is 4.52. The van der Waals surface area contributed by atoms with Crippen LogP contribution in [0.2, 0.25) is 0 Å². The van der Waals surface area contributed by atoms with Gasteiger partial charge in [0, 0.05) is 5.56 Å². The number of benzene rings is 1. The predicted molar refractivity (Wildman–Crippen MR) is 65.8 cm³/mol. The molecule has 0 aliphatic rings. The molecule has 0 saturated carbocycles. The minimum Gasteiger partial charge on any atom is -0.292 e. The standard InChI is InChI=1S/C13H6F9N3O/c14-11(15,16)7-1-6(2-8(3-7)12(17,18)19)9(26)4-25-5-23-10(24-25)13(20,21)22/h1-3,5H,4H2. The third-order valence-corrected chi connectivity index (χ3v) is 3.01. The van der Waals surface area contributed by atoms with Crippen molar-refractivity contribution in [3.05, 3.63) is 47.0 Å². The van der Waals surface area contributed by atoms with Crippen LogP contribution in [-0.2, 0) is 25.1 Å². The van der Waals surface area contributed by atoms with Crippen LogP contribution in [0.3, 0.4) is 0 Å². The summed E-state index contributed by atoms with van der Waals surface area (Å²) < 4.78 is 114. The number of hydrogen-bond acceptors (Lipinski definition) is 3. The van der Waals surface area contributed by atoms with Gasteiger partial charge in [0.25, 0.3) is 5.82 Å². The highest BCUT2D eigenvalue weighted by Crippen LogP contribution is 2.36. The molecule has 1 aromatic heterocycles. The van der Waals surface area contributed by atoms with E-state index in [-0.39, 0.29) is 18.2 Å². The molecule has 2 aromatic rings. The van der Waals surface area contributed by atoms with Crippen LogP contribution < -0.4 is 0 Å². The van der Waals surface area contributed by atoms with Gasteiger partial charge in [0.2, 0.25) is 0 Å².